The van der Waals surface area contributed by atoms with Crippen LogP contribution in [0.3, 0.4) is 0 Å². The first-order chi connectivity index (χ1) is 14.6. The normalized spacial score (nSPS) is 19.4. The van der Waals surface area contributed by atoms with Gasteiger partial charge < -0.3 is 24.4 Å². The van der Waals surface area contributed by atoms with Crippen LogP contribution in [0.1, 0.15) is 6.92 Å². The fourth-order valence-electron chi connectivity index (χ4n) is 3.66. The van der Waals surface area contributed by atoms with Gasteiger partial charge in [-0.15, -0.1) is 0 Å². The zero-order valence-corrected chi connectivity index (χ0v) is 17.5. The Morgan fingerprint density at radius 1 is 1.13 bits per heavy atom. The quantitative estimate of drug-likeness (QED) is 0.789. The molecule has 2 aromatic carbocycles. The van der Waals surface area contributed by atoms with E-state index >= 15 is 0 Å². The molecule has 0 saturated carbocycles. The van der Waals surface area contributed by atoms with Gasteiger partial charge in [0.25, 0.3) is 0 Å². The van der Waals surface area contributed by atoms with E-state index < -0.39 is 0 Å². The Balaban J connectivity index is 1.29. The van der Waals surface area contributed by atoms with Crippen LogP contribution in [0.2, 0.25) is 0 Å². The van der Waals surface area contributed by atoms with Gasteiger partial charge in [-0.2, -0.15) is 0 Å². The summed E-state index contributed by atoms with van der Waals surface area (Å²) in [5, 5.41) is 3.01. The van der Waals surface area contributed by atoms with E-state index in [0.717, 1.165) is 49.2 Å². The average Bonchev–Trinajstić information content (AvgIpc) is 2.79. The largest absolute Gasteiger partial charge is 0.486 e. The van der Waals surface area contributed by atoms with Crippen molar-refractivity contribution in [1.82, 2.24) is 4.90 Å². The number of ether oxygens (including phenoxy) is 3. The number of amides is 1. The van der Waals surface area contributed by atoms with Crippen LogP contribution in [0.25, 0.3) is 0 Å². The third kappa shape index (κ3) is 4.86. The number of likely N-dealkylation sites (N-methyl/N-ethyl adjacent to an activating group) is 1. The number of fused-ring (bicyclic) bond motifs is 1. The molecule has 2 aliphatic heterocycles. The number of anilines is 2. The molecule has 1 fully saturated rings. The van der Waals surface area contributed by atoms with Crippen molar-refractivity contribution in [2.24, 2.45) is 0 Å². The maximum absolute atomic E-state index is 12.7. The molecule has 30 heavy (non-hydrogen) atoms. The number of carbonyl (C=O) groups is 1. The average molecular weight is 412 g/mol. The van der Waals surface area contributed by atoms with Gasteiger partial charge in [0.15, 0.2) is 11.5 Å². The summed E-state index contributed by atoms with van der Waals surface area (Å²) in [7, 11) is 1.93. The van der Waals surface area contributed by atoms with Gasteiger partial charge in [0.1, 0.15) is 12.7 Å². The second-order valence-corrected chi connectivity index (χ2v) is 7.75. The van der Waals surface area contributed by atoms with Crippen LogP contribution in [0.15, 0.2) is 48.5 Å². The van der Waals surface area contributed by atoms with Crippen LogP contribution in [0, 0.1) is 0 Å². The van der Waals surface area contributed by atoms with Crippen LogP contribution in [-0.4, -0.2) is 69.5 Å². The number of nitrogens with zero attached hydrogens (tertiary/aromatic N) is 2. The molecule has 2 atom stereocenters. The Morgan fingerprint density at radius 3 is 2.57 bits per heavy atom. The summed E-state index contributed by atoms with van der Waals surface area (Å²) in [6.45, 7) is 6.26. The van der Waals surface area contributed by atoms with Crippen molar-refractivity contribution >= 4 is 17.3 Å². The number of benzene rings is 2. The number of nitrogens with one attached hydrogen (secondary N) is 1. The standard InChI is InChI=1S/C23H29N3O4/c1-17(25(2)15-20-16-29-21-5-3-4-6-22(21)30-20)23(27)24-18-7-9-19(10-8-18)26-11-13-28-14-12-26/h3-10,17,20H,11-16H2,1-2H3,(H,24,27). The van der Waals surface area contributed by atoms with Crippen molar-refractivity contribution in [3.63, 3.8) is 0 Å². The molecule has 2 heterocycles. The summed E-state index contributed by atoms with van der Waals surface area (Å²) < 4.78 is 17.2. The number of rotatable bonds is 6. The van der Waals surface area contributed by atoms with Gasteiger partial charge in [-0.25, -0.2) is 0 Å². The number of morpholine rings is 1. The lowest BCUT2D eigenvalue weighted by molar-refractivity contribution is -0.120. The van der Waals surface area contributed by atoms with Gasteiger partial charge in [-0.05, 0) is 50.4 Å². The molecule has 7 nitrogen and oxygen atoms in total. The van der Waals surface area contributed by atoms with Crippen LogP contribution in [0.4, 0.5) is 11.4 Å². The number of hydrogen-bond donors (Lipinski definition) is 1. The summed E-state index contributed by atoms with van der Waals surface area (Å²) in [6.07, 6.45) is -0.118. The van der Waals surface area contributed by atoms with Crippen LogP contribution < -0.4 is 19.7 Å². The summed E-state index contributed by atoms with van der Waals surface area (Å²) in [5.41, 5.74) is 1.94. The highest BCUT2D eigenvalue weighted by molar-refractivity contribution is 5.94. The van der Waals surface area contributed by atoms with Gasteiger partial charge in [-0.1, -0.05) is 12.1 Å². The minimum Gasteiger partial charge on any atom is -0.486 e. The van der Waals surface area contributed by atoms with Gasteiger partial charge in [0.2, 0.25) is 5.91 Å². The maximum Gasteiger partial charge on any atom is 0.241 e. The molecule has 2 aromatic rings. The zero-order valence-electron chi connectivity index (χ0n) is 17.5. The summed E-state index contributed by atoms with van der Waals surface area (Å²) >= 11 is 0. The molecule has 0 bridgehead atoms. The van der Waals surface area contributed by atoms with Crippen molar-refractivity contribution in [1.29, 1.82) is 0 Å². The first-order valence-electron chi connectivity index (χ1n) is 10.4. The molecular weight excluding hydrogens is 382 g/mol. The Labute approximate surface area is 177 Å². The van der Waals surface area contributed by atoms with E-state index in [4.69, 9.17) is 14.2 Å². The van der Waals surface area contributed by atoms with E-state index in [1.807, 2.05) is 67.4 Å². The van der Waals surface area contributed by atoms with Gasteiger partial charge >= 0.3 is 0 Å². The molecule has 0 aromatic heterocycles. The molecule has 160 valence electrons. The van der Waals surface area contributed by atoms with Gasteiger partial charge in [-0.3, -0.25) is 9.69 Å². The lowest BCUT2D eigenvalue weighted by Gasteiger charge is -2.31. The molecule has 0 spiro atoms. The lowest BCUT2D eigenvalue weighted by atomic mass is 10.2. The monoisotopic (exact) mass is 411 g/mol. The third-order valence-electron chi connectivity index (χ3n) is 5.61. The van der Waals surface area contributed by atoms with Gasteiger partial charge in [0, 0.05) is 31.0 Å². The second kappa shape index (κ2) is 9.36. The number of para-hydroxylation sites is 2. The molecule has 1 N–H and O–H groups in total. The van der Waals surface area contributed by atoms with E-state index in [1.54, 1.807) is 0 Å². The zero-order chi connectivity index (χ0) is 20.9. The molecular formula is C23H29N3O4. The number of carbonyl (C=O) groups excluding carboxylic acids is 1. The highest BCUT2D eigenvalue weighted by Crippen LogP contribution is 2.31. The first kappa shape index (κ1) is 20.5. The molecule has 2 unspecified atom stereocenters. The van der Waals surface area contributed by atoms with Crippen molar-refractivity contribution in [2.45, 2.75) is 19.1 Å². The minimum absolute atomic E-state index is 0.0475. The fourth-order valence-corrected chi connectivity index (χ4v) is 3.66. The van der Waals surface area contributed by atoms with Gasteiger partial charge in [0.05, 0.1) is 19.3 Å². The van der Waals surface area contributed by atoms with Crippen molar-refractivity contribution < 1.29 is 19.0 Å². The Morgan fingerprint density at radius 2 is 1.83 bits per heavy atom. The highest BCUT2D eigenvalue weighted by atomic mass is 16.6. The maximum atomic E-state index is 12.7. The van der Waals surface area contributed by atoms with Crippen LogP contribution in [0.5, 0.6) is 11.5 Å². The topological polar surface area (TPSA) is 63.3 Å². The second-order valence-electron chi connectivity index (χ2n) is 7.75. The summed E-state index contributed by atoms with van der Waals surface area (Å²) in [5.74, 6) is 1.47. The SMILES string of the molecule is CC(C(=O)Nc1ccc(N2CCOCC2)cc1)N(C)CC1COc2ccccc2O1. The van der Waals surface area contributed by atoms with Crippen molar-refractivity contribution in [3.8, 4) is 11.5 Å². The first-order valence-corrected chi connectivity index (χ1v) is 10.4. The molecule has 1 saturated heterocycles. The molecule has 2 aliphatic rings. The van der Waals surface area contributed by atoms with E-state index in [2.05, 4.69) is 10.2 Å². The highest BCUT2D eigenvalue weighted by Gasteiger charge is 2.26. The van der Waals surface area contributed by atoms with Crippen LogP contribution in [-0.2, 0) is 9.53 Å². The Hall–Kier alpha value is -2.77. The van der Waals surface area contributed by atoms with E-state index in [9.17, 15) is 4.79 Å². The predicted octanol–water partition coefficient (Wildman–Crippen LogP) is 2.62. The smallest absolute Gasteiger partial charge is 0.241 e. The minimum atomic E-state index is -0.301. The Bertz CT molecular complexity index is 852. The molecule has 1 amide bonds. The van der Waals surface area contributed by atoms with E-state index in [1.165, 1.54) is 0 Å². The Kier molecular flexibility index (Phi) is 6.40. The number of hydrogen-bond acceptors (Lipinski definition) is 6. The molecule has 7 heteroatoms. The molecule has 4 rings (SSSR count). The lowest BCUT2D eigenvalue weighted by Crippen LogP contribution is -2.46. The molecule has 0 aliphatic carbocycles. The summed E-state index contributed by atoms with van der Waals surface area (Å²) in [6, 6.07) is 15.3. The third-order valence-corrected chi connectivity index (χ3v) is 5.61. The molecule has 0 radical (unpaired) electrons. The van der Waals surface area contributed by atoms with Crippen LogP contribution >= 0.6 is 0 Å². The van der Waals surface area contributed by atoms with Crippen molar-refractivity contribution in [2.75, 3.05) is 56.7 Å². The fraction of sp³-hybridized carbons (Fsp3) is 0.435. The van der Waals surface area contributed by atoms with E-state index in [0.29, 0.717) is 13.2 Å². The summed E-state index contributed by atoms with van der Waals surface area (Å²) in [4.78, 5) is 17.0. The predicted molar refractivity (Wildman–Crippen MR) is 117 cm³/mol. The van der Waals surface area contributed by atoms with E-state index in [-0.39, 0.29) is 18.1 Å². The van der Waals surface area contributed by atoms with Crippen molar-refractivity contribution in [3.05, 3.63) is 48.5 Å².